The van der Waals surface area contributed by atoms with Gasteiger partial charge in [0.2, 0.25) is 5.91 Å². The number of nitrogens with zero attached hydrogens (tertiary/aromatic N) is 1. The number of carbonyl (C=O) groups excluding carboxylic acids is 2. The molecule has 0 spiro atoms. The Morgan fingerprint density at radius 1 is 1.33 bits per heavy atom. The van der Waals surface area contributed by atoms with Crippen LogP contribution in [0, 0.1) is 0 Å². The molecule has 0 aromatic rings. The fourth-order valence-corrected chi connectivity index (χ4v) is 1.72. The number of rotatable bonds is 11. The van der Waals surface area contributed by atoms with Gasteiger partial charge in [-0.15, -0.1) is 0 Å². The summed E-state index contributed by atoms with van der Waals surface area (Å²) in [4.78, 5) is 35.4. The van der Waals surface area contributed by atoms with Crippen molar-refractivity contribution in [3.63, 3.8) is 0 Å². The summed E-state index contributed by atoms with van der Waals surface area (Å²) in [5.41, 5.74) is 5.10. The van der Waals surface area contributed by atoms with Gasteiger partial charge in [0.05, 0.1) is 0 Å². The summed E-state index contributed by atoms with van der Waals surface area (Å²) in [5, 5.41) is 11.5. The Hall–Kier alpha value is -1.83. The molecule has 122 valence electrons. The highest BCUT2D eigenvalue weighted by Crippen LogP contribution is 2.02. The Bertz CT molecular complexity index is 349. The number of carbonyl (C=O) groups is 3. The molecule has 0 saturated heterocycles. The normalized spacial score (nSPS) is 11.7. The molecule has 0 aromatic carbocycles. The number of carboxylic acid groups (broad SMARTS) is 1. The van der Waals surface area contributed by atoms with E-state index in [9.17, 15) is 14.4 Å². The summed E-state index contributed by atoms with van der Waals surface area (Å²) in [6.45, 7) is 2.50. The standard InChI is InChI=1S/C13H25N3O5/c1-3-4-7-16(9-11(14)17)13(20)15-10(12(18)19)6-5-8-21-2/h10H,3-9H2,1-2H3,(H2,14,17)(H,15,20)(H,18,19). The molecule has 4 N–H and O–H groups in total. The SMILES string of the molecule is CCCCN(CC(N)=O)C(=O)NC(CCCOC)C(=O)O. The van der Waals surface area contributed by atoms with Crippen LogP contribution >= 0.6 is 0 Å². The first kappa shape index (κ1) is 19.2. The van der Waals surface area contributed by atoms with Gasteiger partial charge in [-0.25, -0.2) is 9.59 Å². The number of hydrogen-bond donors (Lipinski definition) is 3. The maximum Gasteiger partial charge on any atom is 0.326 e. The van der Waals surface area contributed by atoms with Gasteiger partial charge >= 0.3 is 12.0 Å². The Labute approximate surface area is 124 Å². The van der Waals surface area contributed by atoms with Crippen LogP contribution < -0.4 is 11.1 Å². The van der Waals surface area contributed by atoms with E-state index in [2.05, 4.69) is 5.32 Å². The number of primary amides is 1. The first-order valence-electron chi connectivity index (χ1n) is 6.97. The average molecular weight is 303 g/mol. The maximum atomic E-state index is 12.0. The van der Waals surface area contributed by atoms with Gasteiger partial charge in [0.1, 0.15) is 12.6 Å². The van der Waals surface area contributed by atoms with E-state index >= 15 is 0 Å². The first-order chi connectivity index (χ1) is 9.92. The molecule has 0 rings (SSSR count). The number of unbranched alkanes of at least 4 members (excludes halogenated alkanes) is 1. The molecular weight excluding hydrogens is 278 g/mol. The molecule has 0 bridgehead atoms. The van der Waals surface area contributed by atoms with Crippen LogP contribution in [0.4, 0.5) is 4.79 Å². The number of aliphatic carboxylic acids is 1. The van der Waals surface area contributed by atoms with Crippen molar-refractivity contribution in [3.05, 3.63) is 0 Å². The van der Waals surface area contributed by atoms with Gasteiger partial charge in [-0.1, -0.05) is 13.3 Å². The van der Waals surface area contributed by atoms with E-state index in [0.717, 1.165) is 6.42 Å². The zero-order valence-corrected chi connectivity index (χ0v) is 12.6. The zero-order chi connectivity index (χ0) is 16.3. The molecule has 8 heteroatoms. The molecule has 0 aliphatic carbocycles. The Morgan fingerprint density at radius 2 is 2.00 bits per heavy atom. The second kappa shape index (κ2) is 10.9. The second-order valence-corrected chi connectivity index (χ2v) is 4.72. The van der Waals surface area contributed by atoms with E-state index in [4.69, 9.17) is 15.6 Å². The van der Waals surface area contributed by atoms with Crippen LogP contribution in [0.5, 0.6) is 0 Å². The number of carboxylic acids is 1. The monoisotopic (exact) mass is 303 g/mol. The molecule has 0 heterocycles. The Kier molecular flexibility index (Phi) is 9.95. The first-order valence-corrected chi connectivity index (χ1v) is 6.97. The molecule has 1 unspecified atom stereocenters. The predicted molar refractivity (Wildman–Crippen MR) is 76.7 cm³/mol. The highest BCUT2D eigenvalue weighted by molar-refractivity contribution is 5.86. The second-order valence-electron chi connectivity index (χ2n) is 4.72. The predicted octanol–water partition coefficient (Wildman–Crippen LogP) is 0.163. The number of urea groups is 1. The molecule has 21 heavy (non-hydrogen) atoms. The van der Waals surface area contributed by atoms with Crippen molar-refractivity contribution in [3.8, 4) is 0 Å². The topological polar surface area (TPSA) is 122 Å². The number of ether oxygens (including phenoxy) is 1. The van der Waals surface area contributed by atoms with Gasteiger partial charge < -0.3 is 25.8 Å². The van der Waals surface area contributed by atoms with Crippen molar-refractivity contribution in [2.75, 3.05) is 26.8 Å². The van der Waals surface area contributed by atoms with Crippen LogP contribution in [0.15, 0.2) is 0 Å². The summed E-state index contributed by atoms with van der Waals surface area (Å²) in [7, 11) is 1.52. The van der Waals surface area contributed by atoms with Gasteiger partial charge in [0.15, 0.2) is 0 Å². The van der Waals surface area contributed by atoms with Gasteiger partial charge in [-0.3, -0.25) is 4.79 Å². The molecule has 0 fully saturated rings. The smallest absolute Gasteiger partial charge is 0.326 e. The van der Waals surface area contributed by atoms with Crippen LogP contribution in [-0.4, -0.2) is 60.8 Å². The summed E-state index contributed by atoms with van der Waals surface area (Å²) >= 11 is 0. The van der Waals surface area contributed by atoms with E-state index in [-0.39, 0.29) is 13.0 Å². The zero-order valence-electron chi connectivity index (χ0n) is 12.6. The summed E-state index contributed by atoms with van der Waals surface area (Å²) in [5.74, 6) is -1.75. The number of nitrogens with one attached hydrogen (secondary N) is 1. The molecular formula is C13H25N3O5. The lowest BCUT2D eigenvalue weighted by Gasteiger charge is -2.24. The van der Waals surface area contributed by atoms with Crippen LogP contribution in [0.25, 0.3) is 0 Å². The highest BCUT2D eigenvalue weighted by Gasteiger charge is 2.23. The van der Waals surface area contributed by atoms with Gasteiger partial charge in [0.25, 0.3) is 0 Å². The number of hydrogen-bond acceptors (Lipinski definition) is 4. The third-order valence-electron chi connectivity index (χ3n) is 2.85. The number of methoxy groups -OCH3 is 1. The minimum Gasteiger partial charge on any atom is -0.480 e. The third-order valence-corrected chi connectivity index (χ3v) is 2.85. The lowest BCUT2D eigenvalue weighted by atomic mass is 10.1. The molecule has 0 aromatic heterocycles. The average Bonchev–Trinajstić information content (AvgIpc) is 2.41. The van der Waals surface area contributed by atoms with Crippen molar-refractivity contribution in [1.82, 2.24) is 10.2 Å². The quantitative estimate of drug-likeness (QED) is 0.469. The summed E-state index contributed by atoms with van der Waals surface area (Å²) in [6.07, 6.45) is 2.33. The lowest BCUT2D eigenvalue weighted by Crippen LogP contribution is -2.50. The van der Waals surface area contributed by atoms with Crippen LogP contribution in [0.1, 0.15) is 32.6 Å². The highest BCUT2D eigenvalue weighted by atomic mass is 16.5. The van der Waals surface area contributed by atoms with Crippen molar-refractivity contribution in [1.29, 1.82) is 0 Å². The summed E-state index contributed by atoms with van der Waals surface area (Å²) in [6, 6.07) is -1.60. The maximum absolute atomic E-state index is 12.0. The van der Waals surface area contributed by atoms with Gasteiger partial charge in [0, 0.05) is 20.3 Å². The van der Waals surface area contributed by atoms with E-state index in [0.29, 0.717) is 26.0 Å². The van der Waals surface area contributed by atoms with Crippen molar-refractivity contribution < 1.29 is 24.2 Å². The minimum absolute atomic E-state index is 0.226. The van der Waals surface area contributed by atoms with E-state index in [1.54, 1.807) is 0 Å². The molecule has 1 atom stereocenters. The van der Waals surface area contributed by atoms with E-state index < -0.39 is 23.9 Å². The molecule has 0 aliphatic heterocycles. The Balaban J connectivity index is 4.57. The molecule has 0 aliphatic rings. The van der Waals surface area contributed by atoms with Crippen molar-refractivity contribution in [2.24, 2.45) is 5.73 Å². The molecule has 3 amide bonds. The fraction of sp³-hybridized carbons (Fsp3) is 0.769. The number of nitrogens with two attached hydrogens (primary N) is 1. The van der Waals surface area contributed by atoms with Crippen LogP contribution in [-0.2, 0) is 14.3 Å². The fourth-order valence-electron chi connectivity index (χ4n) is 1.72. The van der Waals surface area contributed by atoms with Gasteiger partial charge in [-0.2, -0.15) is 0 Å². The van der Waals surface area contributed by atoms with E-state index in [1.807, 2.05) is 6.92 Å². The molecule has 0 saturated carbocycles. The largest absolute Gasteiger partial charge is 0.480 e. The molecule has 0 radical (unpaired) electrons. The van der Waals surface area contributed by atoms with Crippen molar-refractivity contribution >= 4 is 17.9 Å². The third kappa shape index (κ3) is 8.85. The van der Waals surface area contributed by atoms with Crippen LogP contribution in [0.2, 0.25) is 0 Å². The molecule has 8 nitrogen and oxygen atoms in total. The van der Waals surface area contributed by atoms with Crippen LogP contribution in [0.3, 0.4) is 0 Å². The van der Waals surface area contributed by atoms with Gasteiger partial charge in [-0.05, 0) is 19.3 Å². The van der Waals surface area contributed by atoms with E-state index in [1.165, 1.54) is 12.0 Å². The number of amides is 3. The van der Waals surface area contributed by atoms with Crippen molar-refractivity contribution in [2.45, 2.75) is 38.6 Å². The summed E-state index contributed by atoms with van der Waals surface area (Å²) < 4.78 is 4.85. The minimum atomic E-state index is -1.12. The lowest BCUT2D eigenvalue weighted by molar-refractivity contribution is -0.139. The Morgan fingerprint density at radius 3 is 2.48 bits per heavy atom.